The maximum absolute atomic E-state index is 11.0. The van der Waals surface area contributed by atoms with E-state index < -0.39 is 4.92 Å². The number of aromatic nitrogens is 3. The maximum atomic E-state index is 11.0. The molecule has 0 aliphatic heterocycles. The highest BCUT2D eigenvalue weighted by atomic mass is 16.6. The Kier molecular flexibility index (Phi) is 3.38. The van der Waals surface area contributed by atoms with E-state index in [-0.39, 0.29) is 5.69 Å². The highest BCUT2D eigenvalue weighted by Gasteiger charge is 2.14. The van der Waals surface area contributed by atoms with Gasteiger partial charge in [0.15, 0.2) is 0 Å². The molecule has 2 aromatic heterocycles. The van der Waals surface area contributed by atoms with Crippen LogP contribution in [0.15, 0.2) is 48.9 Å². The van der Waals surface area contributed by atoms with Crippen LogP contribution in [0, 0.1) is 10.1 Å². The molecule has 0 saturated carbocycles. The smallest absolute Gasteiger partial charge is 0.278 e. The van der Waals surface area contributed by atoms with Gasteiger partial charge in [-0.1, -0.05) is 0 Å². The molecule has 0 amide bonds. The molecule has 0 aliphatic rings. The van der Waals surface area contributed by atoms with Crippen molar-refractivity contribution < 1.29 is 4.92 Å². The molecule has 0 saturated heterocycles. The minimum atomic E-state index is -0.406. The molecule has 0 aliphatic carbocycles. The second-order valence-electron chi connectivity index (χ2n) is 4.38. The number of pyridine rings is 1. The van der Waals surface area contributed by atoms with Crippen LogP contribution >= 0.6 is 0 Å². The fraction of sp³-hybridized carbons (Fsp3) is 0.0714. The van der Waals surface area contributed by atoms with Crippen LogP contribution in [0.2, 0.25) is 0 Å². The third kappa shape index (κ3) is 2.62. The highest BCUT2D eigenvalue weighted by Crippen LogP contribution is 2.30. The van der Waals surface area contributed by atoms with E-state index in [0.29, 0.717) is 11.9 Å². The van der Waals surface area contributed by atoms with Gasteiger partial charge in [0.25, 0.3) is 5.69 Å². The summed E-state index contributed by atoms with van der Waals surface area (Å²) in [6.07, 6.45) is 4.72. The van der Waals surface area contributed by atoms with Gasteiger partial charge in [-0.05, 0) is 24.3 Å². The van der Waals surface area contributed by atoms with Crippen LogP contribution in [0.5, 0.6) is 0 Å². The number of nitro benzene ring substituents is 1. The summed E-state index contributed by atoms with van der Waals surface area (Å²) in [5.41, 5.74) is 1.63. The zero-order valence-corrected chi connectivity index (χ0v) is 10.9. The van der Waals surface area contributed by atoms with Gasteiger partial charge in [-0.3, -0.25) is 15.1 Å². The fourth-order valence-electron chi connectivity index (χ4n) is 2.10. The number of nitro groups is 1. The first-order chi connectivity index (χ1) is 10.3. The molecule has 7 heteroatoms. The monoisotopic (exact) mass is 281 g/mol. The van der Waals surface area contributed by atoms with Gasteiger partial charge in [-0.2, -0.15) is 10.2 Å². The summed E-state index contributed by atoms with van der Waals surface area (Å²) in [7, 11) is 0. The lowest BCUT2D eigenvalue weighted by Gasteiger charge is -2.09. The molecule has 104 valence electrons. The molecule has 0 bridgehead atoms. The third-order valence-electron chi connectivity index (χ3n) is 3.08. The quantitative estimate of drug-likeness (QED) is 0.583. The number of benzene rings is 1. The summed E-state index contributed by atoms with van der Waals surface area (Å²) in [5, 5.41) is 23.3. The SMILES string of the molecule is O=[N+]([O-])c1ccc(NCc2cccnn2)c2ccncc12. The van der Waals surface area contributed by atoms with Crippen molar-refractivity contribution in [2.45, 2.75) is 6.54 Å². The molecule has 0 unspecified atom stereocenters. The van der Waals surface area contributed by atoms with Crippen molar-refractivity contribution in [3.63, 3.8) is 0 Å². The molecular formula is C14H11N5O2. The van der Waals surface area contributed by atoms with Gasteiger partial charge >= 0.3 is 0 Å². The van der Waals surface area contributed by atoms with Crippen LogP contribution in [-0.4, -0.2) is 20.1 Å². The van der Waals surface area contributed by atoms with E-state index in [1.165, 1.54) is 12.3 Å². The van der Waals surface area contributed by atoms with E-state index in [1.54, 1.807) is 24.5 Å². The second kappa shape index (κ2) is 5.49. The third-order valence-corrected chi connectivity index (χ3v) is 3.08. The predicted molar refractivity (Wildman–Crippen MR) is 77.8 cm³/mol. The molecular weight excluding hydrogens is 270 g/mol. The first kappa shape index (κ1) is 12.9. The summed E-state index contributed by atoms with van der Waals surface area (Å²) in [6.45, 7) is 0.489. The number of nitrogens with zero attached hydrogens (tertiary/aromatic N) is 4. The summed E-state index contributed by atoms with van der Waals surface area (Å²) < 4.78 is 0. The zero-order valence-electron chi connectivity index (χ0n) is 10.9. The lowest BCUT2D eigenvalue weighted by molar-refractivity contribution is -0.383. The van der Waals surface area contributed by atoms with Crippen LogP contribution in [0.1, 0.15) is 5.69 Å². The van der Waals surface area contributed by atoms with Crippen LogP contribution < -0.4 is 5.32 Å². The molecule has 1 aromatic carbocycles. The highest BCUT2D eigenvalue weighted by molar-refractivity contribution is 5.99. The molecule has 0 spiro atoms. The van der Waals surface area contributed by atoms with Crippen LogP contribution in [0.25, 0.3) is 10.8 Å². The summed E-state index contributed by atoms with van der Waals surface area (Å²) in [5.74, 6) is 0. The van der Waals surface area contributed by atoms with E-state index in [4.69, 9.17) is 0 Å². The molecule has 2 heterocycles. The first-order valence-corrected chi connectivity index (χ1v) is 6.27. The van der Waals surface area contributed by atoms with Gasteiger partial charge in [0.05, 0.1) is 22.5 Å². The molecule has 21 heavy (non-hydrogen) atoms. The summed E-state index contributed by atoms with van der Waals surface area (Å²) in [4.78, 5) is 14.6. The number of fused-ring (bicyclic) bond motifs is 1. The van der Waals surface area contributed by atoms with Crippen LogP contribution in [-0.2, 0) is 6.54 Å². The van der Waals surface area contributed by atoms with Crippen molar-refractivity contribution in [2.24, 2.45) is 0 Å². The molecule has 0 radical (unpaired) electrons. The Balaban J connectivity index is 1.96. The van der Waals surface area contributed by atoms with E-state index in [0.717, 1.165) is 16.8 Å². The molecule has 0 fully saturated rings. The summed E-state index contributed by atoms with van der Waals surface area (Å²) >= 11 is 0. The predicted octanol–water partition coefficient (Wildman–Crippen LogP) is 2.55. The second-order valence-corrected chi connectivity index (χ2v) is 4.38. The number of nitrogens with one attached hydrogen (secondary N) is 1. The molecule has 7 nitrogen and oxygen atoms in total. The largest absolute Gasteiger partial charge is 0.379 e. The number of hydrogen-bond acceptors (Lipinski definition) is 6. The van der Waals surface area contributed by atoms with Crippen molar-refractivity contribution in [1.29, 1.82) is 0 Å². The Morgan fingerprint density at radius 3 is 2.81 bits per heavy atom. The Bertz CT molecular complexity index is 792. The van der Waals surface area contributed by atoms with Gasteiger partial charge in [0.1, 0.15) is 0 Å². The Morgan fingerprint density at radius 2 is 2.05 bits per heavy atom. The van der Waals surface area contributed by atoms with E-state index >= 15 is 0 Å². The van der Waals surface area contributed by atoms with Crippen LogP contribution in [0.3, 0.4) is 0 Å². The van der Waals surface area contributed by atoms with E-state index in [1.807, 2.05) is 12.1 Å². The van der Waals surface area contributed by atoms with Gasteiger partial charge < -0.3 is 5.32 Å². The van der Waals surface area contributed by atoms with Crippen molar-refractivity contribution in [1.82, 2.24) is 15.2 Å². The first-order valence-electron chi connectivity index (χ1n) is 6.27. The van der Waals surface area contributed by atoms with Crippen molar-refractivity contribution in [3.05, 3.63) is 64.7 Å². The minimum Gasteiger partial charge on any atom is -0.379 e. The van der Waals surface area contributed by atoms with E-state index in [2.05, 4.69) is 20.5 Å². The fourth-order valence-corrected chi connectivity index (χ4v) is 2.10. The summed E-state index contributed by atoms with van der Waals surface area (Å²) in [6, 6.07) is 8.58. The number of hydrogen-bond donors (Lipinski definition) is 1. The Morgan fingerprint density at radius 1 is 1.14 bits per heavy atom. The van der Waals surface area contributed by atoms with Gasteiger partial charge in [0.2, 0.25) is 0 Å². The molecule has 3 rings (SSSR count). The van der Waals surface area contributed by atoms with Crippen molar-refractivity contribution >= 4 is 22.1 Å². The van der Waals surface area contributed by atoms with Gasteiger partial charge in [0, 0.05) is 35.7 Å². The normalized spacial score (nSPS) is 10.5. The van der Waals surface area contributed by atoms with Gasteiger partial charge in [-0.15, -0.1) is 0 Å². The lowest BCUT2D eigenvalue weighted by Crippen LogP contribution is -2.03. The number of rotatable bonds is 4. The zero-order chi connectivity index (χ0) is 14.7. The van der Waals surface area contributed by atoms with E-state index in [9.17, 15) is 10.1 Å². The number of non-ortho nitro benzene ring substituents is 1. The number of anilines is 1. The topological polar surface area (TPSA) is 93.8 Å². The molecule has 1 N–H and O–H groups in total. The molecule has 0 atom stereocenters. The molecule has 3 aromatic rings. The van der Waals surface area contributed by atoms with Crippen molar-refractivity contribution in [3.8, 4) is 0 Å². The maximum Gasteiger partial charge on any atom is 0.278 e. The van der Waals surface area contributed by atoms with Gasteiger partial charge in [-0.25, -0.2) is 0 Å². The average molecular weight is 281 g/mol. The van der Waals surface area contributed by atoms with Crippen molar-refractivity contribution in [2.75, 3.05) is 5.32 Å². The Hall–Kier alpha value is -3.09. The standard InChI is InChI=1S/C14H11N5O2/c20-19(21)14-4-3-13(11-5-7-15-9-12(11)14)16-8-10-2-1-6-17-18-10/h1-7,9,16H,8H2. The van der Waals surface area contributed by atoms with Crippen LogP contribution in [0.4, 0.5) is 11.4 Å². The minimum absolute atomic E-state index is 0.0446. The lowest BCUT2D eigenvalue weighted by atomic mass is 10.1. The Labute approximate surface area is 119 Å². The average Bonchev–Trinajstić information content (AvgIpc) is 2.53.